The van der Waals surface area contributed by atoms with Crippen molar-refractivity contribution in [2.24, 2.45) is 0 Å². The van der Waals surface area contributed by atoms with Gasteiger partial charge >= 0.3 is 0 Å². The van der Waals surface area contributed by atoms with Crippen molar-refractivity contribution in [1.82, 2.24) is 0 Å². The third-order valence-electron chi connectivity index (χ3n) is 3.83. The molecule has 0 saturated heterocycles. The lowest BCUT2D eigenvalue weighted by Gasteiger charge is -2.21. The molecule has 22 heavy (non-hydrogen) atoms. The topological polar surface area (TPSA) is 29.5 Å². The van der Waals surface area contributed by atoms with Gasteiger partial charge < -0.3 is 9.64 Å². The van der Waals surface area contributed by atoms with E-state index in [4.69, 9.17) is 4.74 Å². The Morgan fingerprint density at radius 3 is 2.27 bits per heavy atom. The predicted octanol–water partition coefficient (Wildman–Crippen LogP) is 4.04. The van der Waals surface area contributed by atoms with Gasteiger partial charge in [-0.25, -0.2) is 0 Å². The number of anilines is 1. The van der Waals surface area contributed by atoms with Crippen LogP contribution in [0.5, 0.6) is 5.75 Å². The summed E-state index contributed by atoms with van der Waals surface area (Å²) in [5, 5.41) is 0. The van der Waals surface area contributed by atoms with Crippen LogP contribution in [0.2, 0.25) is 0 Å². The third-order valence-corrected chi connectivity index (χ3v) is 3.83. The molecule has 0 aliphatic rings. The van der Waals surface area contributed by atoms with Crippen molar-refractivity contribution >= 4 is 11.6 Å². The minimum Gasteiger partial charge on any atom is -0.483 e. The average Bonchev–Trinajstić information content (AvgIpc) is 2.51. The summed E-state index contributed by atoms with van der Waals surface area (Å²) < 4.78 is 5.75. The molecule has 0 aliphatic carbocycles. The molecule has 0 saturated carbocycles. The number of para-hydroxylation sites is 1. The molecule has 2 aromatic carbocycles. The number of rotatable bonds is 5. The molecule has 0 fully saturated rings. The molecule has 1 amide bonds. The van der Waals surface area contributed by atoms with E-state index < -0.39 is 0 Å². The van der Waals surface area contributed by atoms with Gasteiger partial charge in [-0.2, -0.15) is 0 Å². The molecule has 0 heterocycles. The number of likely N-dealkylation sites (N-methyl/N-ethyl adjacent to an activating group) is 1. The van der Waals surface area contributed by atoms with Gasteiger partial charge in [0.15, 0.2) is 6.61 Å². The minimum atomic E-state index is -0.0358. The largest absolute Gasteiger partial charge is 0.483 e. The first-order valence-electron chi connectivity index (χ1n) is 7.59. The van der Waals surface area contributed by atoms with E-state index in [0.29, 0.717) is 6.54 Å². The van der Waals surface area contributed by atoms with Crippen LogP contribution in [0.1, 0.15) is 23.6 Å². The Morgan fingerprint density at radius 2 is 1.64 bits per heavy atom. The Hall–Kier alpha value is -2.29. The van der Waals surface area contributed by atoms with Crippen LogP contribution in [0, 0.1) is 20.8 Å². The first kappa shape index (κ1) is 16.1. The molecule has 0 radical (unpaired) electrons. The van der Waals surface area contributed by atoms with Gasteiger partial charge in [0.05, 0.1) is 0 Å². The summed E-state index contributed by atoms with van der Waals surface area (Å²) in [4.78, 5) is 14.1. The highest BCUT2D eigenvalue weighted by atomic mass is 16.5. The number of hydrogen-bond acceptors (Lipinski definition) is 2. The lowest BCUT2D eigenvalue weighted by molar-refractivity contribution is -0.120. The fourth-order valence-corrected chi connectivity index (χ4v) is 2.42. The highest BCUT2D eigenvalue weighted by Crippen LogP contribution is 2.22. The number of hydrogen-bond donors (Lipinski definition) is 0. The summed E-state index contributed by atoms with van der Waals surface area (Å²) in [6.45, 7) is 8.76. The van der Waals surface area contributed by atoms with E-state index in [1.807, 2.05) is 57.2 Å². The second kappa shape index (κ2) is 7.12. The summed E-state index contributed by atoms with van der Waals surface area (Å²) in [5.74, 6) is 0.742. The highest BCUT2D eigenvalue weighted by Gasteiger charge is 2.15. The molecule has 0 unspecified atom stereocenters. The van der Waals surface area contributed by atoms with Gasteiger partial charge in [-0.15, -0.1) is 0 Å². The van der Waals surface area contributed by atoms with Crippen molar-refractivity contribution in [3.63, 3.8) is 0 Å². The molecule has 3 heteroatoms. The van der Waals surface area contributed by atoms with Gasteiger partial charge in [0.1, 0.15) is 5.75 Å². The zero-order chi connectivity index (χ0) is 16.1. The Labute approximate surface area is 132 Å². The number of nitrogens with zero attached hydrogens (tertiary/aromatic N) is 1. The number of amides is 1. The Bertz CT molecular complexity index is 650. The van der Waals surface area contributed by atoms with E-state index in [2.05, 4.69) is 13.0 Å². The van der Waals surface area contributed by atoms with Crippen molar-refractivity contribution in [2.75, 3.05) is 18.1 Å². The van der Waals surface area contributed by atoms with Crippen molar-refractivity contribution in [2.45, 2.75) is 27.7 Å². The molecule has 116 valence electrons. The average molecular weight is 297 g/mol. The van der Waals surface area contributed by atoms with E-state index in [1.165, 1.54) is 11.1 Å². The standard InChI is InChI=1S/C19H23NO2/c1-5-20(17-9-7-6-8-10-17)19(21)13-22-18-12-15(3)14(2)11-16(18)4/h6-12H,5,13H2,1-4H3. The molecule has 0 aliphatic heterocycles. The first-order valence-corrected chi connectivity index (χ1v) is 7.59. The maximum atomic E-state index is 12.4. The van der Waals surface area contributed by atoms with E-state index in [-0.39, 0.29) is 12.5 Å². The van der Waals surface area contributed by atoms with Crippen LogP contribution in [-0.4, -0.2) is 19.1 Å². The summed E-state index contributed by atoms with van der Waals surface area (Å²) in [6, 6.07) is 13.8. The van der Waals surface area contributed by atoms with Gasteiger partial charge in [0, 0.05) is 12.2 Å². The highest BCUT2D eigenvalue weighted by molar-refractivity contribution is 5.94. The monoisotopic (exact) mass is 297 g/mol. The molecule has 0 bridgehead atoms. The first-order chi connectivity index (χ1) is 10.5. The summed E-state index contributed by atoms with van der Waals surface area (Å²) in [5.41, 5.74) is 4.35. The van der Waals surface area contributed by atoms with Gasteiger partial charge in [-0.3, -0.25) is 4.79 Å². The molecular formula is C19H23NO2. The summed E-state index contributed by atoms with van der Waals surface area (Å²) in [6.07, 6.45) is 0. The Morgan fingerprint density at radius 1 is 1.00 bits per heavy atom. The number of carbonyl (C=O) groups excluding carboxylic acids is 1. The maximum Gasteiger partial charge on any atom is 0.264 e. The number of aryl methyl sites for hydroxylation is 3. The van der Waals surface area contributed by atoms with Crippen LogP contribution in [0.25, 0.3) is 0 Å². The zero-order valence-electron chi connectivity index (χ0n) is 13.7. The number of ether oxygens (including phenoxy) is 1. The van der Waals surface area contributed by atoms with E-state index in [0.717, 1.165) is 17.0 Å². The van der Waals surface area contributed by atoms with Gasteiger partial charge in [0.25, 0.3) is 5.91 Å². The molecule has 0 atom stereocenters. The summed E-state index contributed by atoms with van der Waals surface area (Å²) in [7, 11) is 0. The van der Waals surface area contributed by atoms with E-state index in [1.54, 1.807) is 4.90 Å². The molecule has 0 N–H and O–H groups in total. The zero-order valence-corrected chi connectivity index (χ0v) is 13.7. The third kappa shape index (κ3) is 3.67. The predicted molar refractivity (Wildman–Crippen MR) is 90.6 cm³/mol. The summed E-state index contributed by atoms with van der Waals surface area (Å²) >= 11 is 0. The normalized spacial score (nSPS) is 10.4. The quantitative estimate of drug-likeness (QED) is 0.833. The molecule has 0 aromatic heterocycles. The SMILES string of the molecule is CCN(C(=O)COc1cc(C)c(C)cc1C)c1ccccc1. The number of benzene rings is 2. The second-order valence-electron chi connectivity index (χ2n) is 5.46. The Kier molecular flexibility index (Phi) is 5.21. The number of carbonyl (C=O) groups is 1. The molecule has 2 aromatic rings. The van der Waals surface area contributed by atoms with Crippen molar-refractivity contribution in [3.8, 4) is 5.75 Å². The van der Waals surface area contributed by atoms with Crippen molar-refractivity contribution in [3.05, 3.63) is 59.2 Å². The molecular weight excluding hydrogens is 274 g/mol. The van der Waals surface area contributed by atoms with Gasteiger partial charge in [-0.05, 0) is 62.6 Å². The minimum absolute atomic E-state index is 0.0358. The fraction of sp³-hybridized carbons (Fsp3) is 0.316. The smallest absolute Gasteiger partial charge is 0.264 e. The van der Waals surface area contributed by atoms with Crippen LogP contribution in [0.3, 0.4) is 0 Å². The molecule has 2 rings (SSSR count). The van der Waals surface area contributed by atoms with E-state index >= 15 is 0 Å². The lowest BCUT2D eigenvalue weighted by Crippen LogP contribution is -2.34. The van der Waals surface area contributed by atoms with Crippen LogP contribution in [0.4, 0.5) is 5.69 Å². The fourth-order valence-electron chi connectivity index (χ4n) is 2.42. The Balaban J connectivity index is 2.07. The lowest BCUT2D eigenvalue weighted by atomic mass is 10.1. The molecule has 0 spiro atoms. The van der Waals surface area contributed by atoms with Crippen molar-refractivity contribution in [1.29, 1.82) is 0 Å². The van der Waals surface area contributed by atoms with E-state index in [9.17, 15) is 4.79 Å². The van der Waals surface area contributed by atoms with Crippen LogP contribution < -0.4 is 9.64 Å². The van der Waals surface area contributed by atoms with Crippen LogP contribution >= 0.6 is 0 Å². The van der Waals surface area contributed by atoms with Gasteiger partial charge in [-0.1, -0.05) is 24.3 Å². The molecule has 3 nitrogen and oxygen atoms in total. The second-order valence-corrected chi connectivity index (χ2v) is 5.46. The van der Waals surface area contributed by atoms with Crippen molar-refractivity contribution < 1.29 is 9.53 Å². The maximum absolute atomic E-state index is 12.4. The van der Waals surface area contributed by atoms with Gasteiger partial charge in [0.2, 0.25) is 0 Å². The van der Waals surface area contributed by atoms with Crippen LogP contribution in [0.15, 0.2) is 42.5 Å². The van der Waals surface area contributed by atoms with Crippen LogP contribution in [-0.2, 0) is 4.79 Å².